The molecule has 70 heavy (non-hydrogen) atoms. The fourth-order valence-electron chi connectivity index (χ4n) is 8.69. The lowest BCUT2D eigenvalue weighted by molar-refractivity contribution is -0.145. The number of hydrogen-bond acceptors (Lipinski definition) is 16. The summed E-state index contributed by atoms with van der Waals surface area (Å²) in [6, 6.07) is -5.73. The summed E-state index contributed by atoms with van der Waals surface area (Å²) in [5, 5.41) is 49.8. The summed E-state index contributed by atoms with van der Waals surface area (Å²) in [5.41, 5.74) is 10.8. The quantitative estimate of drug-likeness (QED) is 0.0340. The molecule has 12 N–H and O–H groups in total. The van der Waals surface area contributed by atoms with E-state index in [1.165, 1.54) is 18.7 Å². The first-order valence-electron chi connectivity index (χ1n) is 24.2. The largest absolute Gasteiger partial charge is 0.481 e. The van der Waals surface area contributed by atoms with Gasteiger partial charge in [0.1, 0.15) is 11.8 Å². The minimum Gasteiger partial charge on any atom is -0.481 e. The molecular weight excluding hydrogens is 919 g/mol. The number of nitrogens with two attached hydrogens (primary N) is 2. The van der Waals surface area contributed by atoms with E-state index in [2.05, 4.69) is 21.3 Å². The summed E-state index contributed by atoms with van der Waals surface area (Å²) in [6.07, 6.45) is -4.14. The molecule has 2 rings (SSSR count). The van der Waals surface area contributed by atoms with Crippen LogP contribution in [0, 0.1) is 23.7 Å². The zero-order valence-corrected chi connectivity index (χ0v) is 40.8. The summed E-state index contributed by atoms with van der Waals surface area (Å²) in [7, 11) is 0. The number of amides is 5. The second kappa shape index (κ2) is 30.3. The van der Waals surface area contributed by atoms with Crippen LogP contribution in [0.15, 0.2) is 0 Å². The van der Waals surface area contributed by atoms with E-state index in [1.807, 2.05) is 0 Å². The van der Waals surface area contributed by atoms with Gasteiger partial charge < -0.3 is 58.1 Å². The van der Waals surface area contributed by atoms with Crippen molar-refractivity contribution in [1.29, 1.82) is 0 Å². The van der Waals surface area contributed by atoms with Crippen molar-refractivity contribution in [1.82, 2.24) is 26.2 Å². The van der Waals surface area contributed by atoms with Gasteiger partial charge in [0, 0.05) is 70.4 Å². The summed E-state index contributed by atoms with van der Waals surface area (Å²) < 4.78 is 0. The Kier molecular flexibility index (Phi) is 26.2. The molecule has 23 heteroatoms. The maximum atomic E-state index is 13.8. The van der Waals surface area contributed by atoms with Gasteiger partial charge in [-0.2, -0.15) is 0 Å². The molecule has 2 fully saturated rings. The number of aliphatic carboxylic acids is 2. The molecule has 0 aromatic rings. The monoisotopic (exact) mass is 994 g/mol. The molecule has 0 aromatic heterocycles. The van der Waals surface area contributed by atoms with Gasteiger partial charge in [-0.3, -0.25) is 57.5 Å². The molecule has 2 heterocycles. The summed E-state index contributed by atoms with van der Waals surface area (Å²) in [5.74, 6) is -13.3. The van der Waals surface area contributed by atoms with Crippen LogP contribution >= 0.6 is 0 Å². The van der Waals surface area contributed by atoms with Crippen LogP contribution in [-0.2, 0) is 57.5 Å². The van der Waals surface area contributed by atoms with Crippen LogP contribution in [0.2, 0.25) is 0 Å². The normalized spacial score (nSPS) is 19.7. The fraction of sp³-hybridized carbons (Fsp3) is 0.745. The van der Waals surface area contributed by atoms with Gasteiger partial charge in [0.05, 0.1) is 54.6 Å². The van der Waals surface area contributed by atoms with Gasteiger partial charge in [-0.15, -0.1) is 0 Å². The highest BCUT2D eigenvalue weighted by Crippen LogP contribution is 2.25. The van der Waals surface area contributed by atoms with Crippen LogP contribution in [0.4, 0.5) is 0 Å². The lowest BCUT2D eigenvalue weighted by Crippen LogP contribution is -2.52. The van der Waals surface area contributed by atoms with Gasteiger partial charge in [0.15, 0.2) is 23.1 Å². The van der Waals surface area contributed by atoms with Gasteiger partial charge in [-0.25, -0.2) is 0 Å². The second-order valence-corrected chi connectivity index (χ2v) is 19.1. The first kappa shape index (κ1) is 60.6. The third-order valence-corrected chi connectivity index (χ3v) is 12.6. The Bertz CT molecular complexity index is 1890. The number of nitrogens with zero attached hydrogens (tertiary/aromatic N) is 1. The maximum absolute atomic E-state index is 13.8. The standard InChI is InChI=1S/C47H75N7O16/c1-25(2)18-29(45(67)51-26(3)35(57)12-15-42(64)54-17-7-9-34(54)38(60)19-28(47(69)70)8-5-6-16-48)21-39(61)44(27(4)55)53-46(68)30(22-43(65)66)20-37(59)32(10-13-40(49)62)52-41(63)14-11-36(58)33-23-31(56)24-50-33/h25-34,44,50,55-56H,5-24,48H2,1-4H3,(H2,49,62)(H,51,67)(H,52,63)(H,53,68)(H,65,66)(H,69,70)/t26-,27+,28+,29+,30-,31+,32-,33-,34-,44-/m0/s1. The Balaban J connectivity index is 2.10. The molecule has 23 nitrogen and oxygen atoms in total. The molecule has 0 aliphatic carbocycles. The van der Waals surface area contributed by atoms with Gasteiger partial charge in [-0.05, 0) is 71.3 Å². The Morgan fingerprint density at radius 3 is 1.94 bits per heavy atom. The van der Waals surface area contributed by atoms with Crippen molar-refractivity contribution in [3.05, 3.63) is 0 Å². The maximum Gasteiger partial charge on any atom is 0.306 e. The van der Waals surface area contributed by atoms with Crippen LogP contribution in [0.25, 0.3) is 0 Å². The number of hydrogen-bond donors (Lipinski definition) is 10. The van der Waals surface area contributed by atoms with Gasteiger partial charge >= 0.3 is 11.9 Å². The van der Waals surface area contributed by atoms with Gasteiger partial charge in [0.2, 0.25) is 29.5 Å². The topological polar surface area (TPSA) is 389 Å². The molecule has 0 bridgehead atoms. The van der Waals surface area contributed by atoms with E-state index >= 15 is 0 Å². The van der Waals surface area contributed by atoms with E-state index in [-0.39, 0.29) is 94.8 Å². The molecule has 5 amide bonds. The van der Waals surface area contributed by atoms with Crippen molar-refractivity contribution in [2.75, 3.05) is 19.6 Å². The smallest absolute Gasteiger partial charge is 0.306 e. The highest BCUT2D eigenvalue weighted by atomic mass is 16.4. The van der Waals surface area contributed by atoms with Gasteiger partial charge in [0.25, 0.3) is 0 Å². The molecular formula is C47H75N7O16. The van der Waals surface area contributed by atoms with Crippen molar-refractivity contribution in [3.63, 3.8) is 0 Å². The third kappa shape index (κ3) is 21.2. The highest BCUT2D eigenvalue weighted by molar-refractivity contribution is 5.98. The van der Waals surface area contributed by atoms with E-state index in [1.54, 1.807) is 13.8 Å². The molecule has 0 saturated carbocycles. The number of rotatable bonds is 35. The first-order valence-corrected chi connectivity index (χ1v) is 24.2. The molecule has 394 valence electrons. The first-order chi connectivity index (χ1) is 32.8. The SMILES string of the molecule is CC(C)C[C@H](CC(=O)[C@@H](NC(=O)[C@H](CC(=O)O)CC(=O)[C@H](CCC(N)=O)NC(=O)CCC(=O)[C@@H]1C[C@@H](O)CN1)[C@@H](C)O)C(=O)N[C@@H](C)C(=O)CCC(=O)N1CCC[C@H]1C(=O)C[C@@H](CCCCN)C(=O)O. The molecule has 0 radical (unpaired) electrons. The molecule has 2 aliphatic rings. The number of likely N-dealkylation sites (tertiary alicyclic amines) is 1. The lowest BCUT2D eigenvalue weighted by Gasteiger charge is -2.27. The van der Waals surface area contributed by atoms with E-state index in [0.29, 0.717) is 32.2 Å². The van der Waals surface area contributed by atoms with Crippen LogP contribution in [0.3, 0.4) is 0 Å². The number of aliphatic hydroxyl groups is 2. The average Bonchev–Trinajstić information content (AvgIpc) is 3.96. The predicted octanol–water partition coefficient (Wildman–Crippen LogP) is -1.02. The lowest BCUT2D eigenvalue weighted by atomic mass is 9.88. The summed E-state index contributed by atoms with van der Waals surface area (Å²) in [6.45, 7) is 6.96. The zero-order valence-electron chi connectivity index (χ0n) is 40.8. The van der Waals surface area contributed by atoms with Gasteiger partial charge in [-0.1, -0.05) is 20.3 Å². The number of carbonyl (C=O) groups is 12. The second-order valence-electron chi connectivity index (χ2n) is 19.1. The molecule has 2 aliphatic heterocycles. The third-order valence-electron chi connectivity index (χ3n) is 12.6. The minimum absolute atomic E-state index is 0.112. The number of aliphatic hydroxyl groups excluding tert-OH is 2. The number of ketones is 5. The number of carbonyl (C=O) groups excluding carboxylic acids is 10. The van der Waals surface area contributed by atoms with Crippen molar-refractivity contribution >= 4 is 70.4 Å². The molecule has 0 spiro atoms. The van der Waals surface area contributed by atoms with Crippen molar-refractivity contribution in [3.8, 4) is 0 Å². The Labute approximate surface area is 407 Å². The van der Waals surface area contributed by atoms with Crippen LogP contribution in [0.5, 0.6) is 0 Å². The average molecular weight is 994 g/mol. The number of unbranched alkanes of at least 4 members (excludes halogenated alkanes) is 1. The number of nitrogens with one attached hydrogen (secondary N) is 4. The van der Waals surface area contributed by atoms with E-state index < -0.39 is 138 Å². The van der Waals surface area contributed by atoms with Crippen LogP contribution in [-0.4, -0.2) is 158 Å². The minimum atomic E-state index is -1.70. The summed E-state index contributed by atoms with van der Waals surface area (Å²) >= 11 is 0. The number of primary amides is 1. The van der Waals surface area contributed by atoms with Crippen molar-refractivity contribution in [2.45, 2.75) is 179 Å². The molecule has 2 saturated heterocycles. The fourth-order valence-corrected chi connectivity index (χ4v) is 8.69. The van der Waals surface area contributed by atoms with E-state index in [0.717, 1.165) is 0 Å². The number of Topliss-reactive ketones (excluding diaryl/α,β-unsaturated/α-hetero) is 5. The molecule has 0 unspecified atom stereocenters. The number of carboxylic acids is 2. The summed E-state index contributed by atoms with van der Waals surface area (Å²) in [4.78, 5) is 156. The number of β-amino-alcohol motifs (C(OH)–C–C–N with tert-alkyl or cyclic N) is 1. The van der Waals surface area contributed by atoms with Crippen LogP contribution in [0.1, 0.15) is 137 Å². The van der Waals surface area contributed by atoms with Crippen molar-refractivity contribution < 1.29 is 78.0 Å². The predicted molar refractivity (Wildman–Crippen MR) is 249 cm³/mol. The highest BCUT2D eigenvalue weighted by Gasteiger charge is 2.38. The van der Waals surface area contributed by atoms with Crippen molar-refractivity contribution in [2.24, 2.45) is 35.1 Å². The zero-order chi connectivity index (χ0) is 52.8. The van der Waals surface area contributed by atoms with E-state index in [4.69, 9.17) is 11.5 Å². The van der Waals surface area contributed by atoms with E-state index in [9.17, 15) is 78.0 Å². The number of carboxylic acid groups (broad SMARTS) is 2. The Hall–Kier alpha value is -5.52. The Morgan fingerprint density at radius 1 is 0.714 bits per heavy atom. The molecule has 0 aromatic carbocycles. The Morgan fingerprint density at radius 2 is 1.37 bits per heavy atom. The van der Waals surface area contributed by atoms with Crippen LogP contribution < -0.4 is 32.7 Å². The molecule has 10 atom stereocenters.